The van der Waals surface area contributed by atoms with Gasteiger partial charge < -0.3 is 5.11 Å². The summed E-state index contributed by atoms with van der Waals surface area (Å²) in [6, 6.07) is 8.71. The zero-order valence-corrected chi connectivity index (χ0v) is 7.29. The van der Waals surface area contributed by atoms with Gasteiger partial charge in [-0.2, -0.15) is 0 Å². The lowest BCUT2D eigenvalue weighted by Crippen LogP contribution is -1.56. The SMILES string of the molecule is CCP=O.Oc1ccccc1. The molecule has 0 aliphatic rings. The van der Waals surface area contributed by atoms with Crippen LogP contribution in [0, 0.1) is 0 Å². The average Bonchev–Trinajstić information content (AvgIpc) is 2.07. The molecule has 11 heavy (non-hydrogen) atoms. The van der Waals surface area contributed by atoms with Crippen molar-refractivity contribution < 1.29 is 9.67 Å². The predicted octanol–water partition coefficient (Wildman–Crippen LogP) is 2.69. The first-order valence-corrected chi connectivity index (χ1v) is 4.34. The standard InChI is InChI=1S/C6H6O.C2H5OP/c7-6-4-2-1-3-5-6;1-2-4-3/h1-5,7H;2H2,1H3. The van der Waals surface area contributed by atoms with E-state index in [9.17, 15) is 4.57 Å². The fourth-order valence-electron chi connectivity index (χ4n) is 0.428. The van der Waals surface area contributed by atoms with Crippen molar-refractivity contribution in [2.45, 2.75) is 6.92 Å². The van der Waals surface area contributed by atoms with Gasteiger partial charge in [0.15, 0.2) is 8.46 Å². The summed E-state index contributed by atoms with van der Waals surface area (Å²) in [6.07, 6.45) is 0.736. The highest BCUT2D eigenvalue weighted by molar-refractivity contribution is 7.23. The molecule has 60 valence electrons. The van der Waals surface area contributed by atoms with E-state index in [1.165, 1.54) is 0 Å². The van der Waals surface area contributed by atoms with Crippen molar-refractivity contribution in [1.29, 1.82) is 0 Å². The second kappa shape index (κ2) is 7.23. The van der Waals surface area contributed by atoms with Crippen LogP contribution in [0.15, 0.2) is 30.3 Å². The maximum absolute atomic E-state index is 9.27. The number of para-hydroxylation sites is 1. The molecule has 0 saturated carbocycles. The van der Waals surface area contributed by atoms with Crippen LogP contribution in [0.5, 0.6) is 5.75 Å². The van der Waals surface area contributed by atoms with E-state index in [-0.39, 0.29) is 8.46 Å². The van der Waals surface area contributed by atoms with Crippen molar-refractivity contribution >= 4 is 8.46 Å². The largest absolute Gasteiger partial charge is 0.508 e. The van der Waals surface area contributed by atoms with Crippen LogP contribution in [0.1, 0.15) is 6.92 Å². The van der Waals surface area contributed by atoms with Gasteiger partial charge in [0.2, 0.25) is 0 Å². The number of rotatable bonds is 1. The summed E-state index contributed by atoms with van der Waals surface area (Å²) < 4.78 is 9.27. The molecule has 1 N–H and O–H groups in total. The Morgan fingerprint density at radius 1 is 1.36 bits per heavy atom. The Labute approximate surface area is 68.1 Å². The van der Waals surface area contributed by atoms with E-state index in [0.29, 0.717) is 5.75 Å². The van der Waals surface area contributed by atoms with Gasteiger partial charge in [0, 0.05) is 6.16 Å². The van der Waals surface area contributed by atoms with Gasteiger partial charge in [-0.1, -0.05) is 25.1 Å². The molecule has 0 fully saturated rings. The van der Waals surface area contributed by atoms with Crippen LogP contribution in [-0.4, -0.2) is 11.3 Å². The fraction of sp³-hybridized carbons (Fsp3) is 0.250. The molecule has 0 amide bonds. The van der Waals surface area contributed by atoms with Crippen LogP contribution in [0.25, 0.3) is 0 Å². The molecule has 0 spiro atoms. The lowest BCUT2D eigenvalue weighted by Gasteiger charge is -1.82. The molecule has 0 aromatic heterocycles. The average molecular weight is 170 g/mol. The third-order valence-electron chi connectivity index (χ3n) is 0.885. The first kappa shape index (κ1) is 10.1. The molecule has 0 unspecified atom stereocenters. The molecule has 3 heteroatoms. The minimum absolute atomic E-state index is 0.248. The number of aromatic hydroxyl groups is 1. The highest BCUT2D eigenvalue weighted by atomic mass is 31.1. The van der Waals surface area contributed by atoms with Crippen molar-refractivity contribution in [2.24, 2.45) is 0 Å². The van der Waals surface area contributed by atoms with Crippen LogP contribution >= 0.6 is 8.46 Å². The zero-order chi connectivity index (χ0) is 8.53. The number of benzene rings is 1. The van der Waals surface area contributed by atoms with Crippen molar-refractivity contribution in [3.8, 4) is 5.75 Å². The number of phenolic OH excluding ortho intramolecular Hbond substituents is 1. The summed E-state index contributed by atoms with van der Waals surface area (Å²) in [7, 11) is 0.248. The van der Waals surface area contributed by atoms with Crippen LogP contribution in [0.3, 0.4) is 0 Å². The van der Waals surface area contributed by atoms with Gasteiger partial charge in [0.05, 0.1) is 0 Å². The van der Waals surface area contributed by atoms with E-state index in [0.717, 1.165) is 6.16 Å². The minimum atomic E-state index is 0.248. The smallest absolute Gasteiger partial charge is 0.154 e. The van der Waals surface area contributed by atoms with E-state index in [4.69, 9.17) is 5.11 Å². The molecule has 0 radical (unpaired) electrons. The Morgan fingerprint density at radius 2 is 1.82 bits per heavy atom. The molecule has 1 rings (SSSR count). The van der Waals surface area contributed by atoms with Crippen molar-refractivity contribution in [3.05, 3.63) is 30.3 Å². The van der Waals surface area contributed by atoms with Crippen molar-refractivity contribution in [1.82, 2.24) is 0 Å². The molecule has 0 aliphatic heterocycles. The van der Waals surface area contributed by atoms with Crippen LogP contribution in [-0.2, 0) is 4.57 Å². The van der Waals surface area contributed by atoms with Gasteiger partial charge in [-0.25, -0.2) is 0 Å². The second-order valence-electron chi connectivity index (χ2n) is 1.78. The summed E-state index contributed by atoms with van der Waals surface area (Å²) in [5, 5.41) is 8.63. The topological polar surface area (TPSA) is 37.3 Å². The van der Waals surface area contributed by atoms with Crippen molar-refractivity contribution in [2.75, 3.05) is 6.16 Å². The first-order chi connectivity index (χ1) is 5.31. The quantitative estimate of drug-likeness (QED) is 0.658. The van der Waals surface area contributed by atoms with E-state index >= 15 is 0 Å². The summed E-state index contributed by atoms with van der Waals surface area (Å²) in [6.45, 7) is 1.86. The van der Waals surface area contributed by atoms with E-state index in [1.807, 2.05) is 13.0 Å². The molecule has 0 bridgehead atoms. The molecular weight excluding hydrogens is 159 g/mol. The van der Waals surface area contributed by atoms with Crippen molar-refractivity contribution in [3.63, 3.8) is 0 Å². The minimum Gasteiger partial charge on any atom is -0.508 e. The number of phenols is 1. The molecule has 0 aliphatic carbocycles. The van der Waals surface area contributed by atoms with Crippen LogP contribution < -0.4 is 0 Å². The Hall–Kier alpha value is -0.880. The van der Waals surface area contributed by atoms with E-state index in [2.05, 4.69) is 0 Å². The number of hydrogen-bond acceptors (Lipinski definition) is 2. The van der Waals surface area contributed by atoms with Gasteiger partial charge in [-0.05, 0) is 12.1 Å². The maximum atomic E-state index is 9.27. The lowest BCUT2D eigenvalue weighted by atomic mass is 10.3. The summed E-state index contributed by atoms with van der Waals surface area (Å²) in [4.78, 5) is 0. The lowest BCUT2D eigenvalue weighted by molar-refractivity contribution is 0.475. The molecule has 1 aromatic rings. The second-order valence-corrected chi connectivity index (χ2v) is 2.67. The summed E-state index contributed by atoms with van der Waals surface area (Å²) >= 11 is 0. The molecule has 0 atom stereocenters. The van der Waals surface area contributed by atoms with Gasteiger partial charge in [-0.3, -0.25) is 4.57 Å². The summed E-state index contributed by atoms with van der Waals surface area (Å²) in [5.74, 6) is 0.322. The van der Waals surface area contributed by atoms with Gasteiger partial charge in [0.25, 0.3) is 0 Å². The zero-order valence-electron chi connectivity index (χ0n) is 6.40. The molecule has 0 saturated heterocycles. The predicted molar refractivity (Wildman–Crippen MR) is 46.3 cm³/mol. The summed E-state index contributed by atoms with van der Waals surface area (Å²) in [5.41, 5.74) is 0. The van der Waals surface area contributed by atoms with Crippen LogP contribution in [0.2, 0.25) is 0 Å². The van der Waals surface area contributed by atoms with Gasteiger partial charge in [-0.15, -0.1) is 0 Å². The van der Waals surface area contributed by atoms with E-state index in [1.54, 1.807) is 24.3 Å². The van der Waals surface area contributed by atoms with Gasteiger partial charge >= 0.3 is 0 Å². The van der Waals surface area contributed by atoms with E-state index < -0.39 is 0 Å². The number of hydrogen-bond donors (Lipinski definition) is 1. The molecule has 2 nitrogen and oxygen atoms in total. The normalized spacial score (nSPS) is 8.45. The molecule has 0 heterocycles. The molecule has 1 aromatic carbocycles. The van der Waals surface area contributed by atoms with Gasteiger partial charge in [0.1, 0.15) is 5.75 Å². The fourth-order valence-corrected chi connectivity index (χ4v) is 0.428. The maximum Gasteiger partial charge on any atom is 0.154 e. The first-order valence-electron chi connectivity index (χ1n) is 3.34. The Morgan fingerprint density at radius 3 is 2.00 bits per heavy atom. The molecular formula is C8H11O2P. The van der Waals surface area contributed by atoms with Crippen LogP contribution in [0.4, 0.5) is 0 Å². The highest BCUT2D eigenvalue weighted by Gasteiger charge is 1.74. The highest BCUT2D eigenvalue weighted by Crippen LogP contribution is 2.02. The third-order valence-corrected chi connectivity index (χ3v) is 1.14. The Balaban J connectivity index is 0.000000218. The monoisotopic (exact) mass is 170 g/mol. The third kappa shape index (κ3) is 7.01. The Kier molecular flexibility index (Phi) is 6.65. The Bertz CT molecular complexity index is 187.